The zero-order valence-corrected chi connectivity index (χ0v) is 21.0. The normalized spacial score (nSPS) is 11.2. The van der Waals surface area contributed by atoms with E-state index in [0.29, 0.717) is 5.69 Å². The van der Waals surface area contributed by atoms with Gasteiger partial charge in [-0.05, 0) is 48.5 Å². The second-order valence-electron chi connectivity index (χ2n) is 7.67. The van der Waals surface area contributed by atoms with Crippen LogP contribution in [0.3, 0.4) is 0 Å². The molecular formula is C24H15F2N7O3S2. The highest BCUT2D eigenvalue weighted by molar-refractivity contribution is 7.93. The molecular weight excluding hydrogens is 536 g/mol. The Morgan fingerprint density at radius 3 is 2.55 bits per heavy atom. The molecule has 0 radical (unpaired) electrons. The first-order chi connectivity index (χ1) is 18.2. The Morgan fingerprint density at radius 1 is 1.05 bits per heavy atom. The number of halogens is 2. The number of aromatic nitrogens is 5. The van der Waals surface area contributed by atoms with Crippen molar-refractivity contribution in [1.82, 2.24) is 24.7 Å². The van der Waals surface area contributed by atoms with Gasteiger partial charge >= 0.3 is 0 Å². The number of thiazole rings is 1. The molecule has 0 saturated heterocycles. The number of rotatable bonds is 7. The first-order valence-electron chi connectivity index (χ1n) is 10.7. The third-order valence-electron chi connectivity index (χ3n) is 5.27. The van der Waals surface area contributed by atoms with Crippen LogP contribution in [0.5, 0.6) is 11.5 Å². The van der Waals surface area contributed by atoms with Crippen LogP contribution in [0.4, 0.5) is 13.9 Å². The third kappa shape index (κ3) is 4.92. The molecule has 10 nitrogen and oxygen atoms in total. The summed E-state index contributed by atoms with van der Waals surface area (Å²) in [5.74, 6) is -1.75. The van der Waals surface area contributed by atoms with Gasteiger partial charge in [-0.2, -0.15) is 24.1 Å². The Kier molecular flexibility index (Phi) is 6.53. The molecule has 4 heterocycles. The van der Waals surface area contributed by atoms with Gasteiger partial charge in [0.1, 0.15) is 17.5 Å². The highest BCUT2D eigenvalue weighted by Gasteiger charge is 2.21. The zero-order chi connectivity index (χ0) is 26.9. The summed E-state index contributed by atoms with van der Waals surface area (Å²) in [6.07, 6.45) is 2.99. The molecule has 0 aliphatic carbocycles. The number of anilines is 1. The Balaban J connectivity index is 1.54. The molecule has 0 aliphatic heterocycles. The molecule has 0 bridgehead atoms. The van der Waals surface area contributed by atoms with Gasteiger partial charge in [0.2, 0.25) is 11.9 Å². The minimum Gasteiger partial charge on any atom is -0.454 e. The highest BCUT2D eigenvalue weighted by atomic mass is 32.2. The number of ether oxygens (including phenoxy) is 1. The van der Waals surface area contributed by atoms with E-state index in [-0.39, 0.29) is 44.0 Å². The van der Waals surface area contributed by atoms with Crippen LogP contribution in [0.1, 0.15) is 5.56 Å². The van der Waals surface area contributed by atoms with E-state index in [1.54, 1.807) is 18.5 Å². The lowest BCUT2D eigenvalue weighted by molar-refractivity contribution is 0.479. The van der Waals surface area contributed by atoms with Crippen molar-refractivity contribution in [2.45, 2.75) is 4.90 Å². The van der Waals surface area contributed by atoms with Crippen molar-refractivity contribution < 1.29 is 21.9 Å². The molecule has 1 aromatic carbocycles. The van der Waals surface area contributed by atoms with Crippen LogP contribution in [0.25, 0.3) is 22.6 Å². The zero-order valence-electron chi connectivity index (χ0n) is 19.3. The average Bonchev–Trinajstić information content (AvgIpc) is 3.56. The number of aryl methyl sites for hydroxylation is 1. The molecule has 0 amide bonds. The summed E-state index contributed by atoms with van der Waals surface area (Å²) < 4.78 is 63.0. The summed E-state index contributed by atoms with van der Waals surface area (Å²) in [6.45, 7) is 0. The number of pyridine rings is 2. The molecule has 1 N–H and O–H groups in total. The first kappa shape index (κ1) is 24.9. The van der Waals surface area contributed by atoms with Crippen molar-refractivity contribution in [3.8, 4) is 40.2 Å². The van der Waals surface area contributed by atoms with Gasteiger partial charge in [-0.1, -0.05) is 0 Å². The molecule has 38 heavy (non-hydrogen) atoms. The average molecular weight is 552 g/mol. The van der Waals surface area contributed by atoms with Gasteiger partial charge in [-0.3, -0.25) is 9.40 Å². The maximum Gasteiger partial charge on any atom is 0.263 e. The van der Waals surface area contributed by atoms with E-state index >= 15 is 0 Å². The van der Waals surface area contributed by atoms with Crippen LogP contribution in [0.15, 0.2) is 71.2 Å². The smallest absolute Gasteiger partial charge is 0.263 e. The van der Waals surface area contributed by atoms with Crippen LogP contribution >= 0.6 is 11.3 Å². The fourth-order valence-electron chi connectivity index (χ4n) is 3.49. The largest absolute Gasteiger partial charge is 0.454 e. The third-order valence-corrected chi connectivity index (χ3v) is 7.42. The highest BCUT2D eigenvalue weighted by Crippen LogP contribution is 2.36. The monoisotopic (exact) mass is 551 g/mol. The molecule has 0 aliphatic rings. The number of benzene rings is 1. The molecule has 0 saturated carbocycles. The van der Waals surface area contributed by atoms with Crippen molar-refractivity contribution in [2.75, 3.05) is 4.72 Å². The van der Waals surface area contributed by atoms with Crippen LogP contribution < -0.4 is 9.46 Å². The molecule has 14 heteroatoms. The maximum absolute atomic E-state index is 14.4. The van der Waals surface area contributed by atoms with Gasteiger partial charge in [0.25, 0.3) is 10.0 Å². The Bertz CT molecular complexity index is 1800. The molecule has 5 aromatic rings. The lowest BCUT2D eigenvalue weighted by Crippen LogP contribution is -2.13. The van der Waals surface area contributed by atoms with E-state index in [0.717, 1.165) is 17.4 Å². The van der Waals surface area contributed by atoms with E-state index < -0.39 is 21.9 Å². The Labute approximate surface area is 218 Å². The number of nitrogens with zero attached hydrogens (tertiary/aromatic N) is 6. The van der Waals surface area contributed by atoms with Crippen LogP contribution in [0, 0.1) is 23.2 Å². The fraction of sp³-hybridized carbons (Fsp3) is 0.0417. The minimum absolute atomic E-state index is 0.0265. The number of nitriles is 1. The number of hydrogen-bond donors (Lipinski definition) is 1. The summed E-state index contributed by atoms with van der Waals surface area (Å²) in [5.41, 5.74) is 0.830. The van der Waals surface area contributed by atoms with Crippen molar-refractivity contribution in [3.05, 3.63) is 83.8 Å². The summed E-state index contributed by atoms with van der Waals surface area (Å²) in [6, 6.07) is 12.6. The minimum atomic E-state index is -4.00. The summed E-state index contributed by atoms with van der Waals surface area (Å²) >= 11 is 1.11. The van der Waals surface area contributed by atoms with E-state index in [4.69, 9.17) is 4.74 Å². The number of hydrogen-bond acceptors (Lipinski definition) is 9. The van der Waals surface area contributed by atoms with E-state index in [1.165, 1.54) is 53.5 Å². The molecule has 0 spiro atoms. The summed E-state index contributed by atoms with van der Waals surface area (Å²) in [7, 11) is -2.33. The van der Waals surface area contributed by atoms with Gasteiger partial charge in [-0.25, -0.2) is 18.4 Å². The van der Waals surface area contributed by atoms with Crippen LogP contribution in [0.2, 0.25) is 0 Å². The molecule has 0 fully saturated rings. The van der Waals surface area contributed by atoms with Gasteiger partial charge in [0.05, 0.1) is 27.4 Å². The van der Waals surface area contributed by atoms with E-state index in [9.17, 15) is 22.5 Å². The number of sulfonamides is 1. The van der Waals surface area contributed by atoms with Crippen molar-refractivity contribution in [1.29, 1.82) is 5.26 Å². The maximum atomic E-state index is 14.4. The molecule has 4 aromatic heterocycles. The van der Waals surface area contributed by atoms with E-state index in [1.807, 2.05) is 6.07 Å². The Hall–Kier alpha value is -4.74. The fourth-order valence-corrected chi connectivity index (χ4v) is 5.30. The molecule has 190 valence electrons. The van der Waals surface area contributed by atoms with Crippen LogP contribution in [-0.2, 0) is 17.1 Å². The topological polar surface area (TPSA) is 136 Å². The van der Waals surface area contributed by atoms with Gasteiger partial charge in [-0.15, -0.1) is 11.3 Å². The predicted molar refractivity (Wildman–Crippen MR) is 134 cm³/mol. The quantitative estimate of drug-likeness (QED) is 0.287. The SMILES string of the molecule is Cn1nccc1-c1nc(-c2ccc(F)nc2F)ccc1Oc1ccc(S(=O)(=O)Nc2nccs2)cc1C#N. The second-order valence-corrected chi connectivity index (χ2v) is 10.2. The van der Waals surface area contributed by atoms with Crippen molar-refractivity contribution in [2.24, 2.45) is 7.05 Å². The molecule has 0 atom stereocenters. The van der Waals surface area contributed by atoms with Crippen molar-refractivity contribution >= 4 is 26.5 Å². The van der Waals surface area contributed by atoms with Crippen LogP contribution in [-0.4, -0.2) is 33.2 Å². The number of nitrogens with one attached hydrogen (secondary N) is 1. The predicted octanol–water partition coefficient (Wildman–Crippen LogP) is 4.74. The first-order valence-corrected chi connectivity index (χ1v) is 13.1. The lowest BCUT2D eigenvalue weighted by Gasteiger charge is -2.14. The summed E-state index contributed by atoms with van der Waals surface area (Å²) in [4.78, 5) is 11.5. The van der Waals surface area contributed by atoms with Gasteiger partial charge in [0.15, 0.2) is 10.9 Å². The van der Waals surface area contributed by atoms with Gasteiger partial charge < -0.3 is 4.74 Å². The summed E-state index contributed by atoms with van der Waals surface area (Å²) in [5, 5.41) is 15.7. The van der Waals surface area contributed by atoms with Gasteiger partial charge in [0, 0.05) is 24.8 Å². The molecule has 5 rings (SSSR count). The Morgan fingerprint density at radius 2 is 1.87 bits per heavy atom. The second kappa shape index (κ2) is 9.96. The van der Waals surface area contributed by atoms with Crippen molar-refractivity contribution in [3.63, 3.8) is 0 Å². The lowest BCUT2D eigenvalue weighted by atomic mass is 10.1. The van der Waals surface area contributed by atoms with E-state index in [2.05, 4.69) is 24.8 Å². The molecule has 0 unspecified atom stereocenters. The standard InChI is InChI=1S/C24H15F2N7O3S2/c1-33-18(8-9-29-33)22-20(6-4-17(30-22)16-3-7-21(25)31-23(16)26)36-19-5-2-15(12-14(19)13-27)38(34,35)32-24-28-10-11-37-24/h2-12H,1H3,(H,28,32).